The van der Waals surface area contributed by atoms with E-state index in [1.54, 1.807) is 4.90 Å². The van der Waals surface area contributed by atoms with Gasteiger partial charge in [-0.3, -0.25) is 0 Å². The Morgan fingerprint density at radius 3 is 2.25 bits per heavy atom. The number of carbonyl (C=O) groups excluding carboxylic acids is 1. The average Bonchev–Trinajstić information content (AvgIpc) is 2.26. The largest absolute Gasteiger partial charge is 0.330 e. The summed E-state index contributed by atoms with van der Waals surface area (Å²) in [6.45, 7) is 11.1. The Morgan fingerprint density at radius 2 is 1.88 bits per heavy atom. The van der Waals surface area contributed by atoms with Gasteiger partial charge >= 0.3 is 6.03 Å². The molecule has 0 spiro atoms. The van der Waals surface area contributed by atoms with Crippen LogP contribution in [0.25, 0.3) is 0 Å². The van der Waals surface area contributed by atoms with Crippen LogP contribution in [-0.4, -0.2) is 49.1 Å². The zero-order valence-electron chi connectivity index (χ0n) is 11.4. The molecule has 0 heterocycles. The first-order chi connectivity index (χ1) is 7.37. The molecule has 96 valence electrons. The first kappa shape index (κ1) is 15.2. The van der Waals surface area contributed by atoms with Gasteiger partial charge < -0.3 is 15.5 Å². The second-order valence-corrected chi connectivity index (χ2v) is 5.09. The van der Waals surface area contributed by atoms with Crippen molar-refractivity contribution < 1.29 is 4.79 Å². The molecule has 0 atom stereocenters. The van der Waals surface area contributed by atoms with Gasteiger partial charge in [0.05, 0.1) is 0 Å². The minimum absolute atomic E-state index is 0.0145. The predicted octanol–water partition coefficient (Wildman–Crippen LogP) is 1.76. The number of carbonyl (C=O) groups is 1. The lowest BCUT2D eigenvalue weighted by atomic mass is 9.93. The lowest BCUT2D eigenvalue weighted by Gasteiger charge is -2.34. The highest BCUT2D eigenvalue weighted by molar-refractivity contribution is 5.74. The van der Waals surface area contributed by atoms with Gasteiger partial charge in [0.2, 0.25) is 0 Å². The molecule has 0 aromatic rings. The molecule has 0 bridgehead atoms. The number of hydrogen-bond acceptors (Lipinski definition) is 2. The first-order valence-electron chi connectivity index (χ1n) is 6.08. The van der Waals surface area contributed by atoms with Crippen LogP contribution in [0.15, 0.2) is 0 Å². The fraction of sp³-hybridized carbons (Fsp3) is 0.917. The van der Waals surface area contributed by atoms with Crippen LogP contribution in [0, 0.1) is 5.41 Å². The number of amides is 2. The molecule has 0 saturated carbocycles. The Hall–Kier alpha value is -0.770. The lowest BCUT2D eigenvalue weighted by Crippen LogP contribution is -2.47. The topological polar surface area (TPSA) is 49.6 Å². The molecule has 0 fully saturated rings. The van der Waals surface area contributed by atoms with Crippen LogP contribution in [0.5, 0.6) is 0 Å². The highest BCUT2D eigenvalue weighted by Crippen LogP contribution is 2.16. The van der Waals surface area contributed by atoms with E-state index in [2.05, 4.69) is 20.8 Å². The second-order valence-electron chi connectivity index (χ2n) is 5.09. The Kier molecular flexibility index (Phi) is 6.41. The Balaban J connectivity index is 4.54. The molecule has 16 heavy (non-hydrogen) atoms. The molecule has 2 N–H and O–H groups in total. The van der Waals surface area contributed by atoms with Crippen molar-refractivity contribution in [1.29, 1.82) is 0 Å². The summed E-state index contributed by atoms with van der Waals surface area (Å²) in [4.78, 5) is 15.7. The third kappa shape index (κ3) is 4.84. The van der Waals surface area contributed by atoms with Gasteiger partial charge in [0, 0.05) is 26.7 Å². The van der Waals surface area contributed by atoms with E-state index >= 15 is 0 Å². The quantitative estimate of drug-likeness (QED) is 0.754. The highest BCUT2D eigenvalue weighted by Gasteiger charge is 2.24. The summed E-state index contributed by atoms with van der Waals surface area (Å²) in [6.07, 6.45) is 0.976. The van der Waals surface area contributed by atoms with E-state index in [-0.39, 0.29) is 11.4 Å². The van der Waals surface area contributed by atoms with Crippen LogP contribution in [0.2, 0.25) is 0 Å². The third-order valence-corrected chi connectivity index (χ3v) is 2.74. The molecule has 0 aromatic carbocycles. The van der Waals surface area contributed by atoms with Crippen LogP contribution in [0.1, 0.15) is 34.1 Å². The zero-order chi connectivity index (χ0) is 12.8. The Bertz CT molecular complexity index is 216. The van der Waals surface area contributed by atoms with Crippen molar-refractivity contribution in [3.05, 3.63) is 0 Å². The van der Waals surface area contributed by atoms with E-state index in [1.807, 2.05) is 18.9 Å². The molecule has 0 aliphatic carbocycles. The molecule has 0 aliphatic heterocycles. The van der Waals surface area contributed by atoms with Gasteiger partial charge in [0.15, 0.2) is 0 Å². The molecular formula is C12H27N3O. The molecule has 0 unspecified atom stereocenters. The number of urea groups is 1. The molecule has 0 aliphatic rings. The maximum atomic E-state index is 12.1. The van der Waals surface area contributed by atoms with Gasteiger partial charge in [-0.15, -0.1) is 0 Å². The van der Waals surface area contributed by atoms with E-state index < -0.39 is 0 Å². The van der Waals surface area contributed by atoms with Gasteiger partial charge in [-0.1, -0.05) is 20.8 Å². The number of nitrogens with zero attached hydrogens (tertiary/aromatic N) is 2. The minimum atomic E-state index is -0.0145. The molecule has 0 rings (SSSR count). The first-order valence-corrected chi connectivity index (χ1v) is 6.08. The van der Waals surface area contributed by atoms with Crippen LogP contribution >= 0.6 is 0 Å². The van der Waals surface area contributed by atoms with Gasteiger partial charge in [0.1, 0.15) is 0 Å². The molecule has 0 aromatic heterocycles. The fourth-order valence-corrected chi connectivity index (χ4v) is 1.47. The van der Waals surface area contributed by atoms with Crippen LogP contribution < -0.4 is 5.73 Å². The van der Waals surface area contributed by atoms with Crippen molar-refractivity contribution in [2.24, 2.45) is 11.1 Å². The van der Waals surface area contributed by atoms with Crippen LogP contribution in [0.3, 0.4) is 0 Å². The summed E-state index contributed by atoms with van der Waals surface area (Å²) in [7, 11) is 1.83. The summed E-state index contributed by atoms with van der Waals surface area (Å²) in [5.41, 5.74) is 5.69. The summed E-state index contributed by atoms with van der Waals surface area (Å²) in [5, 5.41) is 0. The van der Waals surface area contributed by atoms with Gasteiger partial charge in [-0.25, -0.2) is 4.79 Å². The van der Waals surface area contributed by atoms with Crippen molar-refractivity contribution in [3.63, 3.8) is 0 Å². The predicted molar refractivity (Wildman–Crippen MR) is 68.4 cm³/mol. The third-order valence-electron chi connectivity index (χ3n) is 2.74. The Morgan fingerprint density at radius 1 is 1.31 bits per heavy atom. The van der Waals surface area contributed by atoms with Crippen molar-refractivity contribution in [2.75, 3.05) is 33.2 Å². The lowest BCUT2D eigenvalue weighted by molar-refractivity contribution is 0.142. The van der Waals surface area contributed by atoms with Crippen LogP contribution in [-0.2, 0) is 0 Å². The molecule has 4 heteroatoms. The maximum absolute atomic E-state index is 12.1. The van der Waals surface area contributed by atoms with Crippen LogP contribution in [0.4, 0.5) is 4.79 Å². The summed E-state index contributed by atoms with van der Waals surface area (Å²) in [5.74, 6) is 0. The minimum Gasteiger partial charge on any atom is -0.330 e. The molecular weight excluding hydrogens is 202 g/mol. The van der Waals surface area contributed by atoms with E-state index in [4.69, 9.17) is 5.73 Å². The fourth-order valence-electron chi connectivity index (χ4n) is 1.47. The van der Waals surface area contributed by atoms with Crippen molar-refractivity contribution in [1.82, 2.24) is 9.80 Å². The highest BCUT2D eigenvalue weighted by atomic mass is 16.2. The Labute approximate surface area is 99.8 Å². The van der Waals surface area contributed by atoms with Crippen molar-refractivity contribution in [3.8, 4) is 0 Å². The summed E-state index contributed by atoms with van der Waals surface area (Å²) in [6, 6.07) is 0.103. The van der Waals surface area contributed by atoms with Gasteiger partial charge in [-0.2, -0.15) is 0 Å². The van der Waals surface area contributed by atoms with Gasteiger partial charge in [-0.05, 0) is 25.3 Å². The van der Waals surface area contributed by atoms with E-state index in [9.17, 15) is 4.79 Å². The molecule has 2 amide bonds. The molecule has 0 radical (unpaired) electrons. The van der Waals surface area contributed by atoms with E-state index in [1.165, 1.54) is 0 Å². The second kappa shape index (κ2) is 6.74. The summed E-state index contributed by atoms with van der Waals surface area (Å²) < 4.78 is 0. The maximum Gasteiger partial charge on any atom is 0.319 e. The normalized spacial score (nSPS) is 11.4. The van der Waals surface area contributed by atoms with E-state index in [0.29, 0.717) is 6.54 Å². The standard InChI is InChI=1S/C12H27N3O/c1-6-8-15(10-12(3,4)9-13)11(16)14(5)7-2/h6-10,13H2,1-5H3. The zero-order valence-corrected chi connectivity index (χ0v) is 11.4. The molecule has 4 nitrogen and oxygen atoms in total. The number of nitrogens with two attached hydrogens (primary N) is 1. The van der Waals surface area contributed by atoms with E-state index in [0.717, 1.165) is 26.1 Å². The smallest absolute Gasteiger partial charge is 0.319 e. The number of rotatable bonds is 6. The summed E-state index contributed by atoms with van der Waals surface area (Å²) >= 11 is 0. The van der Waals surface area contributed by atoms with Crippen molar-refractivity contribution >= 4 is 6.03 Å². The molecule has 0 saturated heterocycles. The average molecular weight is 229 g/mol. The van der Waals surface area contributed by atoms with Gasteiger partial charge in [0.25, 0.3) is 0 Å². The SMILES string of the molecule is CCCN(CC(C)(C)CN)C(=O)N(C)CC. The monoisotopic (exact) mass is 229 g/mol. The van der Waals surface area contributed by atoms with Crippen molar-refractivity contribution in [2.45, 2.75) is 34.1 Å². The number of hydrogen-bond donors (Lipinski definition) is 1.